The summed E-state index contributed by atoms with van der Waals surface area (Å²) in [5, 5.41) is 17.2. The number of ether oxygens (including phenoxy) is 1. The first-order valence-electron chi connectivity index (χ1n) is 4.18. The van der Waals surface area contributed by atoms with Gasteiger partial charge in [0, 0.05) is 26.1 Å². The van der Waals surface area contributed by atoms with Gasteiger partial charge < -0.3 is 9.84 Å². The predicted molar refractivity (Wildman–Crippen MR) is 43.5 cm³/mol. The van der Waals surface area contributed by atoms with Crippen LogP contribution >= 0.6 is 0 Å². The summed E-state index contributed by atoms with van der Waals surface area (Å²) in [5.74, 6) is 0. The molecule has 68 valence electrons. The van der Waals surface area contributed by atoms with Gasteiger partial charge in [-0.15, -0.1) is 0 Å². The van der Waals surface area contributed by atoms with Crippen molar-refractivity contribution in [1.82, 2.24) is 4.90 Å². The van der Waals surface area contributed by atoms with Gasteiger partial charge in [0.2, 0.25) is 0 Å². The van der Waals surface area contributed by atoms with Gasteiger partial charge in [-0.1, -0.05) is 0 Å². The lowest BCUT2D eigenvalue weighted by atomic mass is 10.2. The minimum atomic E-state index is -0.0579. The molecule has 1 rings (SSSR count). The molecule has 0 spiro atoms. The molecule has 1 aliphatic rings. The Morgan fingerprint density at radius 1 is 1.67 bits per heavy atom. The minimum absolute atomic E-state index is 0.0579. The van der Waals surface area contributed by atoms with Crippen molar-refractivity contribution >= 4 is 0 Å². The molecule has 1 N–H and O–H groups in total. The maximum absolute atomic E-state index is 8.82. The molecule has 0 aromatic rings. The first kappa shape index (κ1) is 9.46. The van der Waals surface area contributed by atoms with Crippen molar-refractivity contribution in [3.05, 3.63) is 0 Å². The molecule has 1 atom stereocenters. The number of hydrogen-bond acceptors (Lipinski definition) is 4. The fourth-order valence-corrected chi connectivity index (χ4v) is 1.30. The van der Waals surface area contributed by atoms with Crippen molar-refractivity contribution in [1.29, 1.82) is 5.26 Å². The van der Waals surface area contributed by atoms with Crippen molar-refractivity contribution in [3.63, 3.8) is 0 Å². The maximum Gasteiger partial charge on any atom is 0.0932 e. The Balaban J connectivity index is 2.22. The number of rotatable bonds is 3. The van der Waals surface area contributed by atoms with Gasteiger partial charge >= 0.3 is 0 Å². The Bertz CT molecular complexity index is 167. The predicted octanol–water partition coefficient (Wildman–Crippen LogP) is -0.407. The van der Waals surface area contributed by atoms with E-state index >= 15 is 0 Å². The summed E-state index contributed by atoms with van der Waals surface area (Å²) in [6, 6.07) is 2.10. The summed E-state index contributed by atoms with van der Waals surface area (Å²) in [4.78, 5) is 2.15. The van der Waals surface area contributed by atoms with Gasteiger partial charge in [-0.25, -0.2) is 0 Å². The first-order valence-corrected chi connectivity index (χ1v) is 4.18. The van der Waals surface area contributed by atoms with Crippen LogP contribution in [0.2, 0.25) is 0 Å². The zero-order chi connectivity index (χ0) is 8.81. The molecule has 4 nitrogen and oxygen atoms in total. The van der Waals surface area contributed by atoms with Gasteiger partial charge in [0.25, 0.3) is 0 Å². The average Bonchev–Trinajstić information content (AvgIpc) is 2.15. The van der Waals surface area contributed by atoms with Crippen LogP contribution < -0.4 is 0 Å². The third kappa shape index (κ3) is 2.78. The van der Waals surface area contributed by atoms with Crippen molar-refractivity contribution in [3.8, 4) is 6.07 Å². The molecule has 1 saturated heterocycles. The number of aliphatic hydroxyl groups excluding tert-OH is 1. The highest BCUT2D eigenvalue weighted by atomic mass is 16.5. The second-order valence-corrected chi connectivity index (χ2v) is 2.88. The van der Waals surface area contributed by atoms with Crippen LogP contribution in [0.3, 0.4) is 0 Å². The topological polar surface area (TPSA) is 56.5 Å². The third-order valence-electron chi connectivity index (χ3n) is 1.97. The number of hydrogen-bond donors (Lipinski definition) is 1. The highest BCUT2D eigenvalue weighted by Crippen LogP contribution is 2.04. The van der Waals surface area contributed by atoms with E-state index in [2.05, 4.69) is 11.0 Å². The normalized spacial score (nSPS) is 25.2. The van der Waals surface area contributed by atoms with Crippen LogP contribution in [-0.4, -0.2) is 49.0 Å². The number of aliphatic hydroxyl groups is 1. The molecular weight excluding hydrogens is 156 g/mol. The molecule has 12 heavy (non-hydrogen) atoms. The monoisotopic (exact) mass is 170 g/mol. The van der Waals surface area contributed by atoms with E-state index in [-0.39, 0.29) is 12.7 Å². The van der Waals surface area contributed by atoms with E-state index in [1.165, 1.54) is 0 Å². The molecule has 1 aliphatic heterocycles. The smallest absolute Gasteiger partial charge is 0.0932 e. The molecule has 0 aliphatic carbocycles. The second-order valence-electron chi connectivity index (χ2n) is 2.88. The lowest BCUT2D eigenvalue weighted by molar-refractivity contribution is -0.0520. The third-order valence-corrected chi connectivity index (χ3v) is 1.97. The van der Waals surface area contributed by atoms with Crippen LogP contribution in [0.15, 0.2) is 0 Å². The highest BCUT2D eigenvalue weighted by molar-refractivity contribution is 4.76. The minimum Gasteiger partial charge on any atom is -0.394 e. The first-order chi connectivity index (χ1) is 5.86. The molecule has 0 radical (unpaired) electrons. The average molecular weight is 170 g/mol. The van der Waals surface area contributed by atoms with E-state index in [4.69, 9.17) is 15.1 Å². The summed E-state index contributed by atoms with van der Waals surface area (Å²) < 4.78 is 5.26. The molecule has 0 saturated carbocycles. The largest absolute Gasteiger partial charge is 0.394 e. The van der Waals surface area contributed by atoms with E-state index in [1.807, 2.05) is 0 Å². The van der Waals surface area contributed by atoms with Crippen LogP contribution in [0, 0.1) is 11.3 Å². The highest BCUT2D eigenvalue weighted by Gasteiger charge is 2.18. The molecule has 0 aromatic carbocycles. The molecular formula is C8H14N2O2. The van der Waals surface area contributed by atoms with Crippen molar-refractivity contribution in [2.75, 3.05) is 32.8 Å². The van der Waals surface area contributed by atoms with Crippen LogP contribution in [-0.2, 0) is 4.74 Å². The quantitative estimate of drug-likeness (QED) is 0.625. The summed E-state index contributed by atoms with van der Waals surface area (Å²) in [5.41, 5.74) is 0. The SMILES string of the molecule is N#CCCN1CCOC(CO)C1. The van der Waals surface area contributed by atoms with Crippen LogP contribution in [0.5, 0.6) is 0 Å². The Kier molecular flexibility index (Phi) is 4.01. The fourth-order valence-electron chi connectivity index (χ4n) is 1.30. The van der Waals surface area contributed by atoms with Gasteiger partial charge in [0.05, 0.1) is 25.4 Å². The molecule has 1 unspecified atom stereocenters. The molecule has 1 heterocycles. The molecule has 0 aromatic heterocycles. The van der Waals surface area contributed by atoms with Crippen molar-refractivity contribution in [2.45, 2.75) is 12.5 Å². The Morgan fingerprint density at radius 3 is 3.17 bits per heavy atom. The number of morpholine rings is 1. The van der Waals surface area contributed by atoms with Gasteiger partial charge in [-0.2, -0.15) is 5.26 Å². The Hall–Kier alpha value is -0.630. The summed E-state index contributed by atoms with van der Waals surface area (Å²) in [6.45, 7) is 3.15. The van der Waals surface area contributed by atoms with Gasteiger partial charge in [-0.3, -0.25) is 4.90 Å². The molecule has 4 heteroatoms. The van der Waals surface area contributed by atoms with Crippen LogP contribution in [0.25, 0.3) is 0 Å². The number of nitriles is 1. The maximum atomic E-state index is 8.82. The zero-order valence-electron chi connectivity index (χ0n) is 7.07. The van der Waals surface area contributed by atoms with Gasteiger partial charge in [0.15, 0.2) is 0 Å². The Morgan fingerprint density at radius 2 is 2.50 bits per heavy atom. The fraction of sp³-hybridized carbons (Fsp3) is 0.875. The lowest BCUT2D eigenvalue weighted by Gasteiger charge is -2.31. The summed E-state index contributed by atoms with van der Waals surface area (Å²) >= 11 is 0. The standard InChI is InChI=1S/C8H14N2O2/c9-2-1-3-10-4-5-12-8(6-10)7-11/h8,11H,1,3-7H2. The summed E-state index contributed by atoms with van der Waals surface area (Å²) in [7, 11) is 0. The van der Waals surface area contributed by atoms with Crippen molar-refractivity contribution in [2.24, 2.45) is 0 Å². The van der Waals surface area contributed by atoms with E-state index < -0.39 is 0 Å². The number of nitrogens with zero attached hydrogens (tertiary/aromatic N) is 2. The summed E-state index contributed by atoms with van der Waals surface area (Å²) in [6.07, 6.45) is 0.496. The second kappa shape index (κ2) is 5.09. The van der Waals surface area contributed by atoms with Gasteiger partial charge in [-0.05, 0) is 0 Å². The van der Waals surface area contributed by atoms with E-state index in [0.29, 0.717) is 13.0 Å². The van der Waals surface area contributed by atoms with E-state index in [9.17, 15) is 0 Å². The van der Waals surface area contributed by atoms with E-state index in [1.54, 1.807) is 0 Å². The van der Waals surface area contributed by atoms with Crippen molar-refractivity contribution < 1.29 is 9.84 Å². The zero-order valence-corrected chi connectivity index (χ0v) is 7.07. The molecule has 0 bridgehead atoms. The molecule has 0 amide bonds. The van der Waals surface area contributed by atoms with Crippen LogP contribution in [0.4, 0.5) is 0 Å². The lowest BCUT2D eigenvalue weighted by Crippen LogP contribution is -2.44. The van der Waals surface area contributed by atoms with E-state index in [0.717, 1.165) is 19.6 Å². The Labute approximate surface area is 72.3 Å². The van der Waals surface area contributed by atoms with Gasteiger partial charge in [0.1, 0.15) is 0 Å². The molecule has 1 fully saturated rings. The van der Waals surface area contributed by atoms with Crippen LogP contribution in [0.1, 0.15) is 6.42 Å².